The quantitative estimate of drug-likeness (QED) is 0.188. The number of allylic oxidation sites excluding steroid dienone is 2. The molecule has 2 aliphatic carbocycles. The number of hydrogen-bond acceptors (Lipinski definition) is 6. The topological polar surface area (TPSA) is 108 Å². The summed E-state index contributed by atoms with van der Waals surface area (Å²) in [6.45, 7) is 7.42. The minimum absolute atomic E-state index is 0.0463. The summed E-state index contributed by atoms with van der Waals surface area (Å²) in [4.78, 5) is 38.4. The van der Waals surface area contributed by atoms with Crippen LogP contribution in [0.3, 0.4) is 0 Å². The van der Waals surface area contributed by atoms with Crippen molar-refractivity contribution in [3.05, 3.63) is 12.2 Å². The van der Waals surface area contributed by atoms with Gasteiger partial charge in [0.25, 0.3) is 0 Å². The Morgan fingerprint density at radius 1 is 1.12 bits per heavy atom. The molecule has 8 nitrogen and oxygen atoms in total. The normalized spacial score (nSPS) is 29.2. The molecule has 0 unspecified atom stereocenters. The molecule has 2 amide bonds. The van der Waals surface area contributed by atoms with Gasteiger partial charge in [-0.25, -0.2) is 0 Å². The lowest BCUT2D eigenvalue weighted by atomic mass is 9.94. The number of nitrogens with two attached hydrogens (primary N) is 1. The smallest absolute Gasteiger partial charge is 0.312 e. The number of ether oxygens (including phenoxy) is 3. The van der Waals surface area contributed by atoms with Crippen LogP contribution in [0.2, 0.25) is 0 Å². The molecule has 32 heavy (non-hydrogen) atoms. The predicted octanol–water partition coefficient (Wildman–Crippen LogP) is 2.65. The molecule has 0 spiro atoms. The summed E-state index contributed by atoms with van der Waals surface area (Å²) in [6.07, 6.45) is 8.56. The fraction of sp³-hybridized carbons (Fsp3) is 0.792. The molecule has 2 saturated carbocycles. The Morgan fingerprint density at radius 3 is 2.50 bits per heavy atom. The lowest BCUT2D eigenvalue weighted by Gasteiger charge is -2.23. The van der Waals surface area contributed by atoms with Gasteiger partial charge in [-0.15, -0.1) is 0 Å². The van der Waals surface area contributed by atoms with E-state index in [9.17, 15) is 14.4 Å². The fourth-order valence-corrected chi connectivity index (χ4v) is 4.42. The van der Waals surface area contributed by atoms with E-state index < -0.39 is 17.7 Å². The van der Waals surface area contributed by atoms with Gasteiger partial charge in [0.2, 0.25) is 11.8 Å². The largest absolute Gasteiger partial charge is 0.466 e. The van der Waals surface area contributed by atoms with Crippen molar-refractivity contribution in [1.29, 1.82) is 0 Å². The Hall–Kier alpha value is -1.93. The van der Waals surface area contributed by atoms with Crippen molar-refractivity contribution in [1.82, 2.24) is 4.90 Å². The lowest BCUT2D eigenvalue weighted by Crippen LogP contribution is -2.39. The van der Waals surface area contributed by atoms with Gasteiger partial charge >= 0.3 is 5.97 Å². The Labute approximate surface area is 191 Å². The van der Waals surface area contributed by atoms with Crippen LogP contribution in [0.1, 0.15) is 59.3 Å². The third-order valence-corrected chi connectivity index (χ3v) is 6.70. The van der Waals surface area contributed by atoms with E-state index >= 15 is 0 Å². The molecule has 2 N–H and O–H groups in total. The first kappa shape index (κ1) is 26.3. The summed E-state index contributed by atoms with van der Waals surface area (Å²) in [6, 6.07) is 0. The molecule has 0 saturated heterocycles. The number of amides is 2. The number of nitrogens with zero attached hydrogens (tertiary/aromatic N) is 1. The van der Waals surface area contributed by atoms with E-state index in [1.807, 2.05) is 20.8 Å². The number of rotatable bonds is 14. The Morgan fingerprint density at radius 2 is 1.84 bits per heavy atom. The third-order valence-electron chi connectivity index (χ3n) is 6.70. The highest BCUT2D eigenvalue weighted by atomic mass is 16.7. The van der Waals surface area contributed by atoms with Crippen molar-refractivity contribution in [3.63, 3.8) is 0 Å². The van der Waals surface area contributed by atoms with Gasteiger partial charge in [-0.2, -0.15) is 0 Å². The van der Waals surface area contributed by atoms with Crippen LogP contribution in [0.5, 0.6) is 0 Å². The number of primary amides is 1. The van der Waals surface area contributed by atoms with Gasteiger partial charge in [0, 0.05) is 20.2 Å². The second-order valence-corrected chi connectivity index (χ2v) is 9.12. The molecule has 0 aliphatic heterocycles. The molecular formula is C24H40N2O6. The molecule has 2 rings (SSSR count). The molecule has 0 radical (unpaired) electrons. The van der Waals surface area contributed by atoms with E-state index in [1.165, 1.54) is 0 Å². The van der Waals surface area contributed by atoms with Crippen molar-refractivity contribution in [2.24, 2.45) is 28.9 Å². The molecule has 8 heteroatoms. The van der Waals surface area contributed by atoms with Crippen LogP contribution in [0.25, 0.3) is 0 Å². The van der Waals surface area contributed by atoms with E-state index in [-0.39, 0.29) is 36.1 Å². The van der Waals surface area contributed by atoms with E-state index in [0.29, 0.717) is 32.6 Å². The Bertz CT molecular complexity index is 681. The molecule has 2 fully saturated rings. The van der Waals surface area contributed by atoms with Gasteiger partial charge < -0.3 is 24.8 Å². The van der Waals surface area contributed by atoms with Gasteiger partial charge in [0.1, 0.15) is 6.79 Å². The molecule has 0 bridgehead atoms. The maximum atomic E-state index is 12.9. The summed E-state index contributed by atoms with van der Waals surface area (Å²) in [5.41, 5.74) is 5.19. The zero-order valence-corrected chi connectivity index (χ0v) is 20.0. The van der Waals surface area contributed by atoms with Crippen molar-refractivity contribution >= 4 is 17.8 Å². The van der Waals surface area contributed by atoms with E-state index in [2.05, 4.69) is 12.2 Å². The van der Waals surface area contributed by atoms with Crippen molar-refractivity contribution in [2.45, 2.75) is 65.4 Å². The Kier molecular flexibility index (Phi) is 10.2. The maximum Gasteiger partial charge on any atom is 0.312 e. The fourth-order valence-electron chi connectivity index (χ4n) is 4.42. The van der Waals surface area contributed by atoms with Gasteiger partial charge in [-0.1, -0.05) is 12.2 Å². The average Bonchev–Trinajstić information content (AvgIpc) is 3.23. The van der Waals surface area contributed by atoms with E-state index in [0.717, 1.165) is 25.7 Å². The van der Waals surface area contributed by atoms with Crippen LogP contribution in [-0.2, 0) is 28.6 Å². The summed E-state index contributed by atoms with van der Waals surface area (Å²) in [5.74, 6) is -1.26. The van der Waals surface area contributed by atoms with Crippen LogP contribution in [-0.4, -0.2) is 62.4 Å². The molecule has 2 aliphatic rings. The van der Waals surface area contributed by atoms with Crippen LogP contribution in [0.4, 0.5) is 0 Å². The number of carbonyl (C=O) groups is 3. The van der Waals surface area contributed by atoms with Crippen LogP contribution >= 0.6 is 0 Å². The lowest BCUT2D eigenvalue weighted by molar-refractivity contribution is -0.149. The number of hydrogen-bond donors (Lipinski definition) is 1. The van der Waals surface area contributed by atoms with Gasteiger partial charge in [0.05, 0.1) is 30.0 Å². The minimum Gasteiger partial charge on any atom is -0.466 e. The van der Waals surface area contributed by atoms with Crippen molar-refractivity contribution < 1.29 is 28.6 Å². The molecule has 0 aromatic carbocycles. The molecule has 0 aromatic heterocycles. The summed E-state index contributed by atoms with van der Waals surface area (Å²) < 4.78 is 16.0. The highest BCUT2D eigenvalue weighted by molar-refractivity contribution is 5.87. The van der Waals surface area contributed by atoms with Gasteiger partial charge in [-0.05, 0) is 65.2 Å². The first-order chi connectivity index (χ1) is 15.2. The van der Waals surface area contributed by atoms with Gasteiger partial charge in [-0.3, -0.25) is 14.4 Å². The second-order valence-electron chi connectivity index (χ2n) is 9.12. The molecule has 5 atom stereocenters. The van der Waals surface area contributed by atoms with Crippen molar-refractivity contribution in [2.75, 3.05) is 33.6 Å². The molecule has 182 valence electrons. The maximum absolute atomic E-state index is 12.9. The average molecular weight is 453 g/mol. The number of esters is 1. The monoisotopic (exact) mass is 452 g/mol. The summed E-state index contributed by atoms with van der Waals surface area (Å²) in [7, 11) is 1.78. The molecular weight excluding hydrogens is 412 g/mol. The van der Waals surface area contributed by atoms with Gasteiger partial charge in [0.15, 0.2) is 0 Å². The summed E-state index contributed by atoms with van der Waals surface area (Å²) >= 11 is 0. The highest BCUT2D eigenvalue weighted by Gasteiger charge is 2.55. The first-order valence-electron chi connectivity index (χ1n) is 11.8. The zero-order valence-electron chi connectivity index (χ0n) is 20.0. The Balaban J connectivity index is 1.70. The molecule has 0 heterocycles. The summed E-state index contributed by atoms with van der Waals surface area (Å²) in [5, 5.41) is 0. The second kappa shape index (κ2) is 12.3. The van der Waals surface area contributed by atoms with Crippen LogP contribution in [0, 0.1) is 23.2 Å². The predicted molar refractivity (Wildman–Crippen MR) is 120 cm³/mol. The standard InChI is InChI=1S/C24H40N2O6/c1-5-30-16-32-18-13-19(21(25)27)20(14-18)22(28)26(4)12-10-8-7-9-11-17-15-24(17,3)23(29)31-6-2/h9,11,17-20H,5-8,10,12-16H2,1-4H3,(H2,25,27)/b11-9-/t17-,18-,19-,20-,24+/m1/s1. The first-order valence-corrected chi connectivity index (χ1v) is 11.8. The van der Waals surface area contributed by atoms with Crippen LogP contribution < -0.4 is 5.73 Å². The number of unbranched alkanes of at least 4 members (excludes halogenated alkanes) is 2. The van der Waals surface area contributed by atoms with Crippen LogP contribution in [0.15, 0.2) is 12.2 Å². The van der Waals surface area contributed by atoms with E-state index in [1.54, 1.807) is 11.9 Å². The number of carbonyl (C=O) groups excluding carboxylic acids is 3. The van der Waals surface area contributed by atoms with E-state index in [4.69, 9.17) is 19.9 Å². The SMILES string of the molecule is CCOCO[C@@H]1C[C@@H](C(N)=O)[C@H](C(=O)N(C)CCCC/C=C\[C@@H]2C[C@]2(C)C(=O)OCC)C1. The highest BCUT2D eigenvalue weighted by Crippen LogP contribution is 2.54. The zero-order chi connectivity index (χ0) is 23.7. The van der Waals surface area contributed by atoms with Crippen molar-refractivity contribution in [3.8, 4) is 0 Å². The minimum atomic E-state index is -0.494. The molecule has 0 aromatic rings. The third kappa shape index (κ3) is 7.04.